The van der Waals surface area contributed by atoms with Gasteiger partial charge in [-0.3, -0.25) is 0 Å². The highest BCUT2D eigenvalue weighted by molar-refractivity contribution is 6.00. The molecule has 0 aromatic heterocycles. The van der Waals surface area contributed by atoms with Crippen molar-refractivity contribution in [2.45, 2.75) is 0 Å². The third-order valence-electron chi connectivity index (χ3n) is 3.80. The van der Waals surface area contributed by atoms with Gasteiger partial charge in [0.15, 0.2) is 0 Å². The van der Waals surface area contributed by atoms with E-state index in [1.807, 2.05) is 0 Å². The molecule has 0 unspecified atom stereocenters. The van der Waals surface area contributed by atoms with Gasteiger partial charge in [-0.1, -0.05) is 12.1 Å². The van der Waals surface area contributed by atoms with Crippen LogP contribution >= 0.6 is 24.8 Å². The van der Waals surface area contributed by atoms with Crippen molar-refractivity contribution in [1.29, 1.82) is 0 Å². The summed E-state index contributed by atoms with van der Waals surface area (Å²) in [6, 6.07) is 17.8. The Labute approximate surface area is 144 Å². The first kappa shape index (κ1) is 18.4. The van der Waals surface area contributed by atoms with Crippen molar-refractivity contribution in [1.82, 2.24) is 0 Å². The number of fused-ring (bicyclic) bond motifs is 2. The van der Waals surface area contributed by atoms with E-state index < -0.39 is 0 Å². The van der Waals surface area contributed by atoms with Gasteiger partial charge < -0.3 is 9.80 Å². The number of benzene rings is 3. The number of anilines is 2. The second-order valence-corrected chi connectivity index (χ2v) is 5.70. The Kier molecular flexibility index (Phi) is 5.92. The lowest BCUT2D eigenvalue weighted by Crippen LogP contribution is -2.08. The molecule has 0 radical (unpaired) electrons. The van der Waals surface area contributed by atoms with Gasteiger partial charge >= 0.3 is 0 Å². The average molecular weight is 337 g/mol. The average Bonchev–Trinajstić information content (AvgIpc) is 2.43. The third-order valence-corrected chi connectivity index (χ3v) is 3.80. The molecule has 0 aliphatic rings. The minimum Gasteiger partial charge on any atom is -0.378 e. The fourth-order valence-corrected chi connectivity index (χ4v) is 2.53. The van der Waals surface area contributed by atoms with Crippen LogP contribution in [0.1, 0.15) is 0 Å². The topological polar surface area (TPSA) is 6.48 Å². The van der Waals surface area contributed by atoms with Crippen LogP contribution in [0.15, 0.2) is 48.5 Å². The molecule has 0 spiro atoms. The maximum atomic E-state index is 2.27. The Morgan fingerprint density at radius 1 is 0.500 bits per heavy atom. The van der Waals surface area contributed by atoms with Crippen LogP contribution in [0.4, 0.5) is 11.4 Å². The fraction of sp³-hybridized carbons (Fsp3) is 0.222. The van der Waals surface area contributed by atoms with Gasteiger partial charge in [-0.25, -0.2) is 0 Å². The molecule has 0 amide bonds. The van der Waals surface area contributed by atoms with Crippen LogP contribution in [0, 0.1) is 0 Å². The molecule has 2 nitrogen and oxygen atoms in total. The summed E-state index contributed by atoms with van der Waals surface area (Å²) in [5.41, 5.74) is 2.48. The summed E-state index contributed by atoms with van der Waals surface area (Å²) in [6.07, 6.45) is 0. The molecule has 118 valence electrons. The minimum absolute atomic E-state index is 0. The van der Waals surface area contributed by atoms with Gasteiger partial charge in [-0.15, -0.1) is 24.8 Å². The molecule has 3 aromatic rings. The first-order chi connectivity index (χ1) is 9.54. The maximum Gasteiger partial charge on any atom is 0.0367 e. The lowest BCUT2D eigenvalue weighted by molar-refractivity contribution is 1.13. The molecule has 0 atom stereocenters. The van der Waals surface area contributed by atoms with Crippen molar-refractivity contribution >= 4 is 57.7 Å². The van der Waals surface area contributed by atoms with E-state index in [1.54, 1.807) is 0 Å². The Balaban J connectivity index is 0.00000121. The van der Waals surface area contributed by atoms with Crippen molar-refractivity contribution in [3.05, 3.63) is 48.5 Å². The van der Waals surface area contributed by atoms with Crippen molar-refractivity contribution < 1.29 is 0 Å². The number of rotatable bonds is 2. The van der Waals surface area contributed by atoms with Gasteiger partial charge in [0.05, 0.1) is 0 Å². The fourth-order valence-electron chi connectivity index (χ4n) is 2.53. The van der Waals surface area contributed by atoms with Crippen LogP contribution in [0.25, 0.3) is 21.5 Å². The molecule has 0 heterocycles. The standard InChI is InChI=1S/C18H20N2.2ClH/c1-19(2)17-7-5-13-10-16-12-18(20(3)4)8-6-14(16)9-15(13)11-17;;/h5-12H,1-4H3;2*1H. The minimum atomic E-state index is 0. The van der Waals surface area contributed by atoms with Crippen LogP contribution in [-0.4, -0.2) is 28.2 Å². The quantitative estimate of drug-likeness (QED) is 0.609. The van der Waals surface area contributed by atoms with Crippen molar-refractivity contribution in [2.24, 2.45) is 0 Å². The van der Waals surface area contributed by atoms with E-state index >= 15 is 0 Å². The summed E-state index contributed by atoms with van der Waals surface area (Å²) >= 11 is 0. The van der Waals surface area contributed by atoms with E-state index in [-0.39, 0.29) is 24.8 Å². The highest BCUT2D eigenvalue weighted by atomic mass is 35.5. The predicted molar refractivity (Wildman–Crippen MR) is 105 cm³/mol. The molecule has 4 heteroatoms. The normalized spacial score (nSPS) is 10.0. The maximum absolute atomic E-state index is 2.27. The zero-order valence-corrected chi connectivity index (χ0v) is 15.0. The monoisotopic (exact) mass is 336 g/mol. The van der Waals surface area contributed by atoms with Gasteiger partial charge in [0.25, 0.3) is 0 Å². The van der Waals surface area contributed by atoms with Gasteiger partial charge in [0.1, 0.15) is 0 Å². The molecular weight excluding hydrogens is 315 g/mol. The SMILES string of the molecule is CN(C)c1ccc2cc3cc(N(C)C)ccc3cc2c1.Cl.Cl. The first-order valence-corrected chi connectivity index (χ1v) is 6.87. The lowest BCUT2D eigenvalue weighted by Gasteiger charge is -2.15. The van der Waals surface area contributed by atoms with Gasteiger partial charge in [0, 0.05) is 39.6 Å². The molecule has 0 fully saturated rings. The third kappa shape index (κ3) is 3.40. The molecular formula is C18H22Cl2N2. The largest absolute Gasteiger partial charge is 0.378 e. The summed E-state index contributed by atoms with van der Waals surface area (Å²) in [5, 5.41) is 5.17. The van der Waals surface area contributed by atoms with E-state index in [0.717, 1.165) is 0 Å². The van der Waals surface area contributed by atoms with Gasteiger partial charge in [-0.2, -0.15) is 0 Å². The van der Waals surface area contributed by atoms with E-state index in [0.29, 0.717) is 0 Å². The summed E-state index contributed by atoms with van der Waals surface area (Å²) in [5.74, 6) is 0. The number of hydrogen-bond donors (Lipinski definition) is 0. The molecule has 0 N–H and O–H groups in total. The van der Waals surface area contributed by atoms with Crippen LogP contribution in [-0.2, 0) is 0 Å². The molecule has 3 aromatic carbocycles. The molecule has 0 saturated carbocycles. The summed E-state index contributed by atoms with van der Waals surface area (Å²) in [4.78, 5) is 4.28. The first-order valence-electron chi connectivity index (χ1n) is 6.87. The van der Waals surface area contributed by atoms with E-state index in [1.165, 1.54) is 32.9 Å². The number of hydrogen-bond acceptors (Lipinski definition) is 2. The smallest absolute Gasteiger partial charge is 0.0367 e. The van der Waals surface area contributed by atoms with Crippen molar-refractivity contribution in [3.63, 3.8) is 0 Å². The second-order valence-electron chi connectivity index (χ2n) is 5.70. The Morgan fingerprint density at radius 3 is 1.18 bits per heavy atom. The molecule has 0 saturated heterocycles. The summed E-state index contributed by atoms with van der Waals surface area (Å²) in [6.45, 7) is 0. The summed E-state index contributed by atoms with van der Waals surface area (Å²) in [7, 11) is 8.30. The van der Waals surface area contributed by atoms with E-state index in [4.69, 9.17) is 0 Å². The number of nitrogens with zero attached hydrogens (tertiary/aromatic N) is 2. The highest BCUT2D eigenvalue weighted by Gasteiger charge is 2.03. The van der Waals surface area contributed by atoms with E-state index in [9.17, 15) is 0 Å². The zero-order chi connectivity index (χ0) is 14.3. The van der Waals surface area contributed by atoms with Crippen LogP contribution in [0.2, 0.25) is 0 Å². The molecule has 3 rings (SSSR count). The number of halogens is 2. The van der Waals surface area contributed by atoms with Gasteiger partial charge in [-0.05, 0) is 57.9 Å². The predicted octanol–water partition coefficient (Wildman–Crippen LogP) is 4.97. The Hall–Kier alpha value is -1.64. The lowest BCUT2D eigenvalue weighted by atomic mass is 10.0. The summed E-state index contributed by atoms with van der Waals surface area (Å²) < 4.78 is 0. The second kappa shape index (κ2) is 7.08. The van der Waals surface area contributed by atoms with Crippen LogP contribution in [0.5, 0.6) is 0 Å². The Morgan fingerprint density at radius 2 is 0.864 bits per heavy atom. The molecule has 22 heavy (non-hydrogen) atoms. The van der Waals surface area contributed by atoms with E-state index in [2.05, 4.69) is 86.5 Å². The zero-order valence-electron chi connectivity index (χ0n) is 13.3. The molecule has 0 bridgehead atoms. The Bertz CT molecular complexity index is 715. The van der Waals surface area contributed by atoms with Crippen molar-refractivity contribution in [3.8, 4) is 0 Å². The molecule has 0 aliphatic heterocycles. The van der Waals surface area contributed by atoms with Crippen LogP contribution in [0.3, 0.4) is 0 Å². The highest BCUT2D eigenvalue weighted by Crippen LogP contribution is 2.28. The van der Waals surface area contributed by atoms with Crippen LogP contribution < -0.4 is 9.80 Å². The van der Waals surface area contributed by atoms with Crippen molar-refractivity contribution in [2.75, 3.05) is 38.0 Å². The molecule has 0 aliphatic carbocycles. The van der Waals surface area contributed by atoms with Gasteiger partial charge in [0.2, 0.25) is 0 Å².